The smallest absolute Gasteiger partial charge is 0.407 e. The van der Waals surface area contributed by atoms with E-state index in [2.05, 4.69) is 5.32 Å². The lowest BCUT2D eigenvalue weighted by Crippen LogP contribution is -2.25. The van der Waals surface area contributed by atoms with Crippen LogP contribution >= 0.6 is 0 Å². The highest BCUT2D eigenvalue weighted by Crippen LogP contribution is 2.26. The van der Waals surface area contributed by atoms with E-state index in [0.717, 1.165) is 0 Å². The molecule has 1 amide bonds. The van der Waals surface area contributed by atoms with Crippen molar-refractivity contribution in [3.8, 4) is 17.2 Å². The van der Waals surface area contributed by atoms with Gasteiger partial charge in [-0.25, -0.2) is 9.18 Å². The summed E-state index contributed by atoms with van der Waals surface area (Å²) >= 11 is 0. The van der Waals surface area contributed by atoms with Gasteiger partial charge in [-0.3, -0.25) is 0 Å². The summed E-state index contributed by atoms with van der Waals surface area (Å²) in [5, 5.41) is 2.48. The number of alkyl carbamates (subject to hydrolysis) is 1. The van der Waals surface area contributed by atoms with Crippen molar-refractivity contribution in [1.82, 2.24) is 5.32 Å². The predicted molar refractivity (Wildman–Crippen MR) is 83.4 cm³/mol. The van der Waals surface area contributed by atoms with Crippen LogP contribution in [0, 0.1) is 5.82 Å². The first kappa shape index (κ1) is 16.6. The average molecular weight is 319 g/mol. The van der Waals surface area contributed by atoms with E-state index in [1.54, 1.807) is 25.1 Å². The van der Waals surface area contributed by atoms with Gasteiger partial charge in [0.2, 0.25) is 0 Å². The van der Waals surface area contributed by atoms with Crippen LogP contribution in [0.5, 0.6) is 17.2 Å². The summed E-state index contributed by atoms with van der Waals surface area (Å²) in [7, 11) is 0. The maximum atomic E-state index is 13.9. The number of para-hydroxylation sites is 1. The van der Waals surface area contributed by atoms with Crippen LogP contribution in [0.25, 0.3) is 0 Å². The molecular weight excluding hydrogens is 301 g/mol. The van der Waals surface area contributed by atoms with Crippen molar-refractivity contribution in [1.29, 1.82) is 0 Å². The van der Waals surface area contributed by atoms with Gasteiger partial charge in [0.15, 0.2) is 11.6 Å². The summed E-state index contributed by atoms with van der Waals surface area (Å²) in [6, 6.07) is 13.4. The normalized spacial score (nSPS) is 10.0. The Hall–Kier alpha value is -2.76. The van der Waals surface area contributed by atoms with Gasteiger partial charge in [-0.15, -0.1) is 0 Å². The van der Waals surface area contributed by atoms with Crippen molar-refractivity contribution in [2.75, 3.05) is 19.8 Å². The first-order valence-electron chi connectivity index (χ1n) is 7.25. The molecule has 2 aromatic carbocycles. The lowest BCUT2D eigenvalue weighted by Gasteiger charge is -2.10. The molecule has 1 N–H and O–H groups in total. The van der Waals surface area contributed by atoms with Crippen molar-refractivity contribution in [2.24, 2.45) is 0 Å². The summed E-state index contributed by atoms with van der Waals surface area (Å²) in [5.74, 6) is 0.525. The number of halogens is 1. The van der Waals surface area contributed by atoms with Crippen LogP contribution in [0.4, 0.5) is 9.18 Å². The Balaban J connectivity index is 1.83. The van der Waals surface area contributed by atoms with Crippen LogP contribution in [0.2, 0.25) is 0 Å². The zero-order chi connectivity index (χ0) is 16.5. The fourth-order valence-electron chi connectivity index (χ4n) is 1.77. The zero-order valence-corrected chi connectivity index (χ0v) is 12.8. The van der Waals surface area contributed by atoms with Crippen molar-refractivity contribution in [3.63, 3.8) is 0 Å². The molecule has 2 rings (SSSR count). The Morgan fingerprint density at radius 3 is 2.57 bits per heavy atom. The van der Waals surface area contributed by atoms with Crippen LogP contribution in [0.3, 0.4) is 0 Å². The monoisotopic (exact) mass is 319 g/mol. The fraction of sp³-hybridized carbons (Fsp3) is 0.235. The van der Waals surface area contributed by atoms with Crippen molar-refractivity contribution in [2.45, 2.75) is 6.92 Å². The molecular formula is C17H18FNO4. The van der Waals surface area contributed by atoms with Crippen molar-refractivity contribution in [3.05, 3.63) is 54.3 Å². The van der Waals surface area contributed by atoms with E-state index >= 15 is 0 Å². The molecule has 0 saturated carbocycles. The molecule has 0 aliphatic carbocycles. The number of amides is 1. The highest BCUT2D eigenvalue weighted by molar-refractivity contribution is 5.66. The van der Waals surface area contributed by atoms with Gasteiger partial charge < -0.3 is 19.5 Å². The second-order valence-corrected chi connectivity index (χ2v) is 4.52. The molecule has 6 heteroatoms. The van der Waals surface area contributed by atoms with E-state index in [0.29, 0.717) is 18.0 Å². The quantitative estimate of drug-likeness (QED) is 0.790. The van der Waals surface area contributed by atoms with E-state index in [4.69, 9.17) is 14.2 Å². The van der Waals surface area contributed by atoms with E-state index in [-0.39, 0.29) is 19.0 Å². The molecule has 2 aromatic rings. The summed E-state index contributed by atoms with van der Waals surface area (Å²) < 4.78 is 29.5. The molecule has 0 fully saturated rings. The number of benzene rings is 2. The molecule has 0 aromatic heterocycles. The Kier molecular flexibility index (Phi) is 6.23. The molecule has 0 heterocycles. The average Bonchev–Trinajstić information content (AvgIpc) is 2.54. The minimum absolute atomic E-state index is 0.0353. The number of rotatable bonds is 7. The van der Waals surface area contributed by atoms with Gasteiger partial charge >= 0.3 is 6.09 Å². The van der Waals surface area contributed by atoms with E-state index < -0.39 is 11.9 Å². The molecule has 0 spiro atoms. The first-order valence-corrected chi connectivity index (χ1v) is 7.25. The summed E-state index contributed by atoms with van der Waals surface area (Å²) in [6.07, 6.45) is -0.525. The molecule has 0 bridgehead atoms. The van der Waals surface area contributed by atoms with Gasteiger partial charge in [0.25, 0.3) is 0 Å². The van der Waals surface area contributed by atoms with Crippen LogP contribution in [-0.4, -0.2) is 25.9 Å². The third-order valence-corrected chi connectivity index (χ3v) is 2.78. The highest BCUT2D eigenvalue weighted by atomic mass is 19.1. The molecule has 0 unspecified atom stereocenters. The molecule has 122 valence electrons. The second kappa shape index (κ2) is 8.63. The number of hydrogen-bond acceptors (Lipinski definition) is 4. The van der Waals surface area contributed by atoms with Gasteiger partial charge in [0.05, 0.1) is 0 Å². The predicted octanol–water partition coefficient (Wildman–Crippen LogP) is 3.74. The van der Waals surface area contributed by atoms with Gasteiger partial charge in [0.1, 0.15) is 24.7 Å². The Morgan fingerprint density at radius 2 is 1.87 bits per heavy atom. The molecule has 0 radical (unpaired) electrons. The van der Waals surface area contributed by atoms with E-state index in [1.807, 2.05) is 18.2 Å². The van der Waals surface area contributed by atoms with Gasteiger partial charge in [-0.2, -0.15) is 0 Å². The Morgan fingerprint density at radius 1 is 1.09 bits per heavy atom. The Bertz CT molecular complexity index is 634. The zero-order valence-electron chi connectivity index (χ0n) is 12.8. The van der Waals surface area contributed by atoms with Crippen LogP contribution in [0.1, 0.15) is 6.92 Å². The van der Waals surface area contributed by atoms with Crippen LogP contribution in [-0.2, 0) is 4.74 Å². The first-order chi connectivity index (χ1) is 11.2. The minimum atomic E-state index is -0.545. The van der Waals surface area contributed by atoms with Crippen LogP contribution in [0.15, 0.2) is 48.5 Å². The topological polar surface area (TPSA) is 56.8 Å². The van der Waals surface area contributed by atoms with Gasteiger partial charge in [0, 0.05) is 12.6 Å². The number of nitrogens with one attached hydrogen (secondary N) is 1. The third kappa shape index (κ3) is 5.50. The lowest BCUT2D eigenvalue weighted by molar-refractivity contribution is 0.124. The van der Waals surface area contributed by atoms with E-state index in [1.165, 1.54) is 12.1 Å². The number of carbonyl (C=O) groups is 1. The van der Waals surface area contributed by atoms with E-state index in [9.17, 15) is 9.18 Å². The largest absolute Gasteiger partial charge is 0.487 e. The van der Waals surface area contributed by atoms with Crippen LogP contribution < -0.4 is 14.8 Å². The standard InChI is InChI=1S/C17H18FNO4/c1-2-19-17(20)22-11-10-21-16-9-8-14(12-15(16)18)23-13-6-4-3-5-7-13/h3-9,12H,2,10-11H2,1H3,(H,19,20). The van der Waals surface area contributed by atoms with Gasteiger partial charge in [-0.05, 0) is 31.2 Å². The number of carbonyl (C=O) groups excluding carboxylic acids is 1. The fourth-order valence-corrected chi connectivity index (χ4v) is 1.77. The summed E-state index contributed by atoms with van der Waals surface area (Å²) in [4.78, 5) is 11.1. The summed E-state index contributed by atoms with van der Waals surface area (Å²) in [5.41, 5.74) is 0. The number of hydrogen-bond donors (Lipinski definition) is 1. The van der Waals surface area contributed by atoms with Gasteiger partial charge in [-0.1, -0.05) is 18.2 Å². The molecule has 5 nitrogen and oxygen atoms in total. The maximum absolute atomic E-state index is 13.9. The highest BCUT2D eigenvalue weighted by Gasteiger charge is 2.07. The summed E-state index contributed by atoms with van der Waals surface area (Å²) in [6.45, 7) is 2.36. The minimum Gasteiger partial charge on any atom is -0.487 e. The Labute approximate surface area is 134 Å². The molecule has 23 heavy (non-hydrogen) atoms. The lowest BCUT2D eigenvalue weighted by atomic mass is 10.3. The van der Waals surface area contributed by atoms with Crippen molar-refractivity contribution >= 4 is 6.09 Å². The molecule has 0 saturated heterocycles. The SMILES string of the molecule is CCNC(=O)OCCOc1ccc(Oc2ccccc2)cc1F. The number of ether oxygens (including phenoxy) is 3. The second-order valence-electron chi connectivity index (χ2n) is 4.52. The molecule has 0 aliphatic heterocycles. The molecule has 0 atom stereocenters. The molecule has 0 aliphatic rings. The van der Waals surface area contributed by atoms with Crippen molar-refractivity contribution < 1.29 is 23.4 Å². The maximum Gasteiger partial charge on any atom is 0.407 e. The third-order valence-electron chi connectivity index (χ3n) is 2.78.